The van der Waals surface area contributed by atoms with Gasteiger partial charge in [0.05, 0.1) is 0 Å². The van der Waals surface area contributed by atoms with Gasteiger partial charge < -0.3 is 10.3 Å². The number of aromatic nitrogens is 1. The molecule has 2 aromatic rings. The fraction of sp³-hybridized carbons (Fsp3) is 0.357. The summed E-state index contributed by atoms with van der Waals surface area (Å²) in [4.78, 5) is 15.2. The molecular formula is C14H18N2O. The first kappa shape index (κ1) is 11.7. The second-order valence-electron chi connectivity index (χ2n) is 4.77. The number of aromatic amines is 1. The van der Waals surface area contributed by atoms with E-state index in [1.807, 2.05) is 31.2 Å². The van der Waals surface area contributed by atoms with E-state index in [4.69, 9.17) is 0 Å². The monoisotopic (exact) mass is 230 g/mol. The third-order valence-corrected chi connectivity index (χ3v) is 2.86. The zero-order valence-corrected chi connectivity index (χ0v) is 10.5. The number of amides is 1. The van der Waals surface area contributed by atoms with Gasteiger partial charge in [0, 0.05) is 17.4 Å². The van der Waals surface area contributed by atoms with Crippen molar-refractivity contribution in [2.24, 2.45) is 5.92 Å². The van der Waals surface area contributed by atoms with Crippen LogP contribution in [0.15, 0.2) is 24.3 Å². The Kier molecular flexibility index (Phi) is 3.18. The summed E-state index contributed by atoms with van der Waals surface area (Å²) < 4.78 is 0. The molecule has 1 amide bonds. The number of H-pyrrole nitrogens is 1. The van der Waals surface area contributed by atoms with E-state index in [0.717, 1.165) is 16.5 Å². The SMILES string of the molecule is Cc1c(C(=O)NCC(C)C)[nH]c2ccccc12. The number of aryl methyl sites for hydroxylation is 1. The first-order valence-corrected chi connectivity index (χ1v) is 5.95. The van der Waals surface area contributed by atoms with Gasteiger partial charge in [-0.15, -0.1) is 0 Å². The number of hydrogen-bond acceptors (Lipinski definition) is 1. The highest BCUT2D eigenvalue weighted by atomic mass is 16.1. The predicted molar refractivity (Wildman–Crippen MR) is 70.2 cm³/mol. The Balaban J connectivity index is 2.29. The minimum absolute atomic E-state index is 0.0209. The lowest BCUT2D eigenvalue weighted by Gasteiger charge is -2.06. The number of para-hydroxylation sites is 1. The van der Waals surface area contributed by atoms with Crippen LogP contribution < -0.4 is 5.32 Å². The topological polar surface area (TPSA) is 44.9 Å². The number of rotatable bonds is 3. The molecule has 0 spiro atoms. The quantitative estimate of drug-likeness (QED) is 0.836. The van der Waals surface area contributed by atoms with Gasteiger partial charge in [0.2, 0.25) is 0 Å². The maximum absolute atomic E-state index is 12.0. The Hall–Kier alpha value is -1.77. The van der Waals surface area contributed by atoms with Gasteiger partial charge in [0.1, 0.15) is 5.69 Å². The van der Waals surface area contributed by atoms with Crippen LogP contribution in [-0.2, 0) is 0 Å². The highest BCUT2D eigenvalue weighted by Gasteiger charge is 2.13. The summed E-state index contributed by atoms with van der Waals surface area (Å²) >= 11 is 0. The number of fused-ring (bicyclic) bond motifs is 1. The molecule has 90 valence electrons. The van der Waals surface area contributed by atoms with Crippen molar-refractivity contribution in [1.82, 2.24) is 10.3 Å². The Morgan fingerprint density at radius 3 is 2.71 bits per heavy atom. The number of carbonyl (C=O) groups excluding carboxylic acids is 1. The molecular weight excluding hydrogens is 212 g/mol. The Bertz CT molecular complexity index is 540. The molecule has 1 aromatic carbocycles. The Morgan fingerprint density at radius 2 is 2.06 bits per heavy atom. The second kappa shape index (κ2) is 4.62. The first-order chi connectivity index (χ1) is 8.09. The van der Waals surface area contributed by atoms with Crippen LogP contribution in [-0.4, -0.2) is 17.4 Å². The zero-order chi connectivity index (χ0) is 12.4. The molecule has 0 saturated heterocycles. The van der Waals surface area contributed by atoms with Crippen LogP contribution >= 0.6 is 0 Å². The molecule has 3 nitrogen and oxygen atoms in total. The molecule has 1 aromatic heterocycles. The van der Waals surface area contributed by atoms with Crippen molar-refractivity contribution in [3.8, 4) is 0 Å². The fourth-order valence-corrected chi connectivity index (χ4v) is 1.89. The van der Waals surface area contributed by atoms with Crippen LogP contribution in [0.4, 0.5) is 0 Å². The lowest BCUT2D eigenvalue weighted by atomic mass is 10.1. The first-order valence-electron chi connectivity index (χ1n) is 5.95. The summed E-state index contributed by atoms with van der Waals surface area (Å²) in [6, 6.07) is 7.97. The van der Waals surface area contributed by atoms with Gasteiger partial charge in [-0.1, -0.05) is 32.0 Å². The smallest absolute Gasteiger partial charge is 0.268 e. The molecule has 0 aliphatic carbocycles. The average molecular weight is 230 g/mol. The van der Waals surface area contributed by atoms with E-state index in [1.54, 1.807) is 0 Å². The minimum Gasteiger partial charge on any atom is -0.351 e. The summed E-state index contributed by atoms with van der Waals surface area (Å²) in [7, 11) is 0. The van der Waals surface area contributed by atoms with E-state index in [0.29, 0.717) is 18.2 Å². The summed E-state index contributed by atoms with van der Waals surface area (Å²) in [6.45, 7) is 6.84. The normalized spacial score (nSPS) is 11.1. The van der Waals surface area contributed by atoms with Crippen molar-refractivity contribution in [2.45, 2.75) is 20.8 Å². The van der Waals surface area contributed by atoms with E-state index in [9.17, 15) is 4.79 Å². The van der Waals surface area contributed by atoms with Gasteiger partial charge in [-0.3, -0.25) is 4.79 Å². The van der Waals surface area contributed by atoms with Gasteiger partial charge in [-0.25, -0.2) is 0 Å². The highest BCUT2D eigenvalue weighted by Crippen LogP contribution is 2.20. The zero-order valence-electron chi connectivity index (χ0n) is 10.5. The third-order valence-electron chi connectivity index (χ3n) is 2.86. The average Bonchev–Trinajstić information content (AvgIpc) is 2.64. The van der Waals surface area contributed by atoms with Crippen molar-refractivity contribution in [1.29, 1.82) is 0 Å². The fourth-order valence-electron chi connectivity index (χ4n) is 1.89. The van der Waals surface area contributed by atoms with Crippen molar-refractivity contribution in [3.63, 3.8) is 0 Å². The van der Waals surface area contributed by atoms with Crippen LogP contribution in [0.3, 0.4) is 0 Å². The van der Waals surface area contributed by atoms with Crippen LogP contribution in [0.2, 0.25) is 0 Å². The standard InChI is InChI=1S/C14H18N2O/c1-9(2)8-15-14(17)13-10(3)11-6-4-5-7-12(11)16-13/h4-7,9,16H,8H2,1-3H3,(H,15,17). The Morgan fingerprint density at radius 1 is 1.35 bits per heavy atom. The van der Waals surface area contributed by atoms with Gasteiger partial charge in [-0.05, 0) is 24.5 Å². The molecule has 0 radical (unpaired) electrons. The van der Waals surface area contributed by atoms with Crippen LogP contribution in [0.5, 0.6) is 0 Å². The van der Waals surface area contributed by atoms with E-state index in [1.165, 1.54) is 0 Å². The number of hydrogen-bond donors (Lipinski definition) is 2. The minimum atomic E-state index is -0.0209. The van der Waals surface area contributed by atoms with Gasteiger partial charge in [0.15, 0.2) is 0 Å². The maximum Gasteiger partial charge on any atom is 0.268 e. The van der Waals surface area contributed by atoms with Crippen molar-refractivity contribution >= 4 is 16.8 Å². The summed E-state index contributed by atoms with van der Waals surface area (Å²) in [6.07, 6.45) is 0. The largest absolute Gasteiger partial charge is 0.351 e. The lowest BCUT2D eigenvalue weighted by Crippen LogP contribution is -2.28. The molecule has 2 rings (SSSR count). The van der Waals surface area contributed by atoms with Gasteiger partial charge in [0.25, 0.3) is 5.91 Å². The van der Waals surface area contributed by atoms with Crippen LogP contribution in [0, 0.1) is 12.8 Å². The molecule has 0 aliphatic rings. The summed E-state index contributed by atoms with van der Waals surface area (Å²) in [5, 5.41) is 4.04. The molecule has 0 atom stereocenters. The molecule has 0 saturated carbocycles. The molecule has 0 aliphatic heterocycles. The number of carbonyl (C=O) groups is 1. The van der Waals surface area contributed by atoms with E-state index >= 15 is 0 Å². The van der Waals surface area contributed by atoms with E-state index in [-0.39, 0.29) is 5.91 Å². The summed E-state index contributed by atoms with van der Waals surface area (Å²) in [5.41, 5.74) is 2.70. The van der Waals surface area contributed by atoms with E-state index < -0.39 is 0 Å². The van der Waals surface area contributed by atoms with Gasteiger partial charge in [-0.2, -0.15) is 0 Å². The second-order valence-corrected chi connectivity index (χ2v) is 4.77. The molecule has 0 bridgehead atoms. The number of nitrogens with one attached hydrogen (secondary N) is 2. The lowest BCUT2D eigenvalue weighted by molar-refractivity contribution is 0.0944. The van der Waals surface area contributed by atoms with Crippen molar-refractivity contribution in [2.75, 3.05) is 6.54 Å². The molecule has 3 heteroatoms. The highest BCUT2D eigenvalue weighted by molar-refractivity contribution is 6.00. The predicted octanol–water partition coefficient (Wildman–Crippen LogP) is 2.86. The van der Waals surface area contributed by atoms with E-state index in [2.05, 4.69) is 24.1 Å². The molecule has 0 unspecified atom stereocenters. The Labute approximate surface area is 101 Å². The van der Waals surface area contributed by atoms with Crippen LogP contribution in [0.25, 0.3) is 10.9 Å². The van der Waals surface area contributed by atoms with Crippen molar-refractivity contribution < 1.29 is 4.79 Å². The molecule has 2 N–H and O–H groups in total. The number of benzene rings is 1. The van der Waals surface area contributed by atoms with Crippen LogP contribution in [0.1, 0.15) is 29.9 Å². The van der Waals surface area contributed by atoms with Crippen molar-refractivity contribution in [3.05, 3.63) is 35.5 Å². The third kappa shape index (κ3) is 2.33. The molecule has 1 heterocycles. The molecule has 17 heavy (non-hydrogen) atoms. The van der Waals surface area contributed by atoms with Gasteiger partial charge >= 0.3 is 0 Å². The maximum atomic E-state index is 12.0. The molecule has 0 fully saturated rings. The summed E-state index contributed by atoms with van der Waals surface area (Å²) in [5.74, 6) is 0.441.